The Kier molecular flexibility index (Phi) is 11.2. The van der Waals surface area contributed by atoms with Crippen molar-refractivity contribution < 1.29 is 19.1 Å². The summed E-state index contributed by atoms with van der Waals surface area (Å²) < 4.78 is 11.0. The zero-order valence-corrected chi connectivity index (χ0v) is 23.0. The Morgan fingerprint density at radius 1 is 0.921 bits per heavy atom. The molecule has 2 atom stereocenters. The van der Waals surface area contributed by atoms with E-state index in [1.807, 2.05) is 93.6 Å². The predicted octanol–water partition coefficient (Wildman–Crippen LogP) is 5.72. The zero-order valence-electron chi connectivity index (χ0n) is 23.0. The largest absolute Gasteiger partial charge is 0.497 e. The second kappa shape index (κ2) is 14.8. The summed E-state index contributed by atoms with van der Waals surface area (Å²) in [5.41, 5.74) is 3.13. The van der Waals surface area contributed by atoms with Crippen LogP contribution in [0.1, 0.15) is 49.8 Å². The standard InChI is InChI=1S/C32H40N2O4/c1-5-25(3)33-32(36)30(22-26-12-7-6-8-13-26)34(23-27-14-9-11-24(2)21-27)31(35)15-10-20-38-29-18-16-28(37-4)17-19-29/h6-9,11-14,16-19,21,25,30H,5,10,15,20,22-23H2,1-4H3,(H,33,36)/t25-,30+/m0/s1. The molecular formula is C32H40N2O4. The SMILES string of the molecule is CC[C@H](C)NC(=O)[C@@H](Cc1ccccc1)N(Cc1cccc(C)c1)C(=O)CCCOc1ccc(OC)cc1. The molecule has 0 bridgehead atoms. The van der Waals surface area contributed by atoms with Crippen molar-refractivity contribution in [3.8, 4) is 11.5 Å². The first-order chi connectivity index (χ1) is 18.4. The third-order valence-electron chi connectivity index (χ3n) is 6.57. The van der Waals surface area contributed by atoms with Crippen LogP contribution in [0.3, 0.4) is 0 Å². The van der Waals surface area contributed by atoms with Crippen LogP contribution in [0.5, 0.6) is 11.5 Å². The molecule has 0 aliphatic heterocycles. The normalized spacial score (nSPS) is 12.3. The minimum atomic E-state index is -0.623. The number of methoxy groups -OCH3 is 1. The highest BCUT2D eigenvalue weighted by Crippen LogP contribution is 2.19. The number of carbonyl (C=O) groups excluding carboxylic acids is 2. The van der Waals surface area contributed by atoms with Crippen LogP contribution < -0.4 is 14.8 Å². The van der Waals surface area contributed by atoms with Gasteiger partial charge in [-0.15, -0.1) is 0 Å². The van der Waals surface area contributed by atoms with Crippen molar-refractivity contribution in [2.75, 3.05) is 13.7 Å². The predicted molar refractivity (Wildman–Crippen MR) is 151 cm³/mol. The first kappa shape index (κ1) is 28.8. The van der Waals surface area contributed by atoms with Crippen molar-refractivity contribution in [3.05, 3.63) is 95.6 Å². The number of carbonyl (C=O) groups is 2. The Balaban J connectivity index is 1.78. The number of nitrogens with one attached hydrogen (secondary N) is 1. The molecule has 3 aromatic rings. The number of rotatable bonds is 14. The summed E-state index contributed by atoms with van der Waals surface area (Å²) in [4.78, 5) is 29.0. The lowest BCUT2D eigenvalue weighted by molar-refractivity contribution is -0.141. The van der Waals surface area contributed by atoms with Gasteiger partial charge in [0.2, 0.25) is 11.8 Å². The summed E-state index contributed by atoms with van der Waals surface area (Å²) in [7, 11) is 1.62. The smallest absolute Gasteiger partial charge is 0.243 e. The van der Waals surface area contributed by atoms with Crippen molar-refractivity contribution in [1.29, 1.82) is 0 Å². The lowest BCUT2D eigenvalue weighted by Crippen LogP contribution is -2.52. The molecule has 0 aliphatic rings. The fourth-order valence-corrected chi connectivity index (χ4v) is 4.23. The van der Waals surface area contributed by atoms with E-state index in [9.17, 15) is 9.59 Å². The number of amides is 2. The topological polar surface area (TPSA) is 67.9 Å². The van der Waals surface area contributed by atoms with Gasteiger partial charge in [0, 0.05) is 25.4 Å². The van der Waals surface area contributed by atoms with Crippen molar-refractivity contribution in [2.45, 2.75) is 65.1 Å². The summed E-state index contributed by atoms with van der Waals surface area (Å²) >= 11 is 0. The molecule has 3 rings (SSSR count). The van der Waals surface area contributed by atoms with E-state index in [0.29, 0.717) is 26.0 Å². The fraction of sp³-hybridized carbons (Fsp3) is 0.375. The van der Waals surface area contributed by atoms with E-state index in [2.05, 4.69) is 11.4 Å². The third kappa shape index (κ3) is 8.94. The van der Waals surface area contributed by atoms with Gasteiger partial charge in [0.05, 0.1) is 13.7 Å². The van der Waals surface area contributed by atoms with Crippen molar-refractivity contribution in [2.24, 2.45) is 0 Å². The lowest BCUT2D eigenvalue weighted by Gasteiger charge is -2.32. The number of hydrogen-bond donors (Lipinski definition) is 1. The average Bonchev–Trinajstić information content (AvgIpc) is 2.93. The first-order valence-corrected chi connectivity index (χ1v) is 13.4. The summed E-state index contributed by atoms with van der Waals surface area (Å²) in [6, 6.07) is 24.7. The van der Waals surface area contributed by atoms with Gasteiger partial charge in [-0.05, 0) is 62.1 Å². The number of hydrogen-bond acceptors (Lipinski definition) is 4. The van der Waals surface area contributed by atoms with Gasteiger partial charge in [-0.2, -0.15) is 0 Å². The summed E-state index contributed by atoms with van der Waals surface area (Å²) in [5.74, 6) is 1.30. The average molecular weight is 517 g/mol. The van der Waals surface area contributed by atoms with Gasteiger partial charge in [-0.25, -0.2) is 0 Å². The number of aryl methyl sites for hydroxylation is 1. The van der Waals surface area contributed by atoms with E-state index in [-0.39, 0.29) is 24.3 Å². The molecule has 0 aliphatic carbocycles. The molecular weight excluding hydrogens is 476 g/mol. The second-order valence-corrected chi connectivity index (χ2v) is 9.66. The maximum absolute atomic E-state index is 13.7. The van der Waals surface area contributed by atoms with Gasteiger partial charge in [-0.3, -0.25) is 9.59 Å². The molecule has 2 amide bonds. The molecule has 0 aromatic heterocycles. The van der Waals surface area contributed by atoms with Crippen molar-refractivity contribution in [1.82, 2.24) is 10.2 Å². The fourth-order valence-electron chi connectivity index (χ4n) is 4.23. The zero-order chi connectivity index (χ0) is 27.3. The molecule has 6 heteroatoms. The van der Waals surface area contributed by atoms with E-state index in [1.54, 1.807) is 12.0 Å². The monoisotopic (exact) mass is 516 g/mol. The maximum atomic E-state index is 13.7. The van der Waals surface area contributed by atoms with Gasteiger partial charge < -0.3 is 19.7 Å². The number of ether oxygens (including phenoxy) is 2. The second-order valence-electron chi connectivity index (χ2n) is 9.66. The molecule has 6 nitrogen and oxygen atoms in total. The molecule has 0 fully saturated rings. The van der Waals surface area contributed by atoms with Crippen LogP contribution >= 0.6 is 0 Å². The van der Waals surface area contributed by atoms with Crippen LogP contribution in [0.25, 0.3) is 0 Å². The molecule has 202 valence electrons. The van der Waals surface area contributed by atoms with Crippen LogP contribution in [0.2, 0.25) is 0 Å². The molecule has 0 radical (unpaired) electrons. The van der Waals surface area contributed by atoms with E-state index < -0.39 is 6.04 Å². The van der Waals surface area contributed by atoms with Crippen LogP contribution in [0.4, 0.5) is 0 Å². The number of benzene rings is 3. The van der Waals surface area contributed by atoms with Gasteiger partial charge in [0.25, 0.3) is 0 Å². The van der Waals surface area contributed by atoms with Crippen molar-refractivity contribution in [3.63, 3.8) is 0 Å². The van der Waals surface area contributed by atoms with Gasteiger partial charge in [0.15, 0.2) is 0 Å². The molecule has 0 heterocycles. The highest BCUT2D eigenvalue weighted by atomic mass is 16.5. The Bertz CT molecular complexity index is 1150. The van der Waals surface area contributed by atoms with E-state index in [0.717, 1.165) is 34.6 Å². The molecule has 38 heavy (non-hydrogen) atoms. The van der Waals surface area contributed by atoms with Crippen LogP contribution in [0, 0.1) is 6.92 Å². The minimum absolute atomic E-state index is 0.0228. The summed E-state index contributed by atoms with van der Waals surface area (Å²) in [5, 5.41) is 3.11. The maximum Gasteiger partial charge on any atom is 0.243 e. The highest BCUT2D eigenvalue weighted by Gasteiger charge is 2.30. The molecule has 0 saturated heterocycles. The van der Waals surface area contributed by atoms with Gasteiger partial charge in [0.1, 0.15) is 17.5 Å². The van der Waals surface area contributed by atoms with E-state index >= 15 is 0 Å². The molecule has 0 unspecified atom stereocenters. The summed E-state index contributed by atoms with van der Waals surface area (Å²) in [6.07, 6.45) is 2.09. The lowest BCUT2D eigenvalue weighted by atomic mass is 10.0. The number of nitrogens with zero attached hydrogens (tertiary/aromatic N) is 1. The molecule has 3 aromatic carbocycles. The first-order valence-electron chi connectivity index (χ1n) is 13.4. The Morgan fingerprint density at radius 2 is 1.61 bits per heavy atom. The van der Waals surface area contributed by atoms with Crippen LogP contribution in [0.15, 0.2) is 78.9 Å². The van der Waals surface area contributed by atoms with E-state index in [4.69, 9.17) is 9.47 Å². The molecule has 0 saturated carbocycles. The molecule has 1 N–H and O–H groups in total. The highest BCUT2D eigenvalue weighted by molar-refractivity contribution is 5.88. The Morgan fingerprint density at radius 3 is 2.26 bits per heavy atom. The third-order valence-corrected chi connectivity index (χ3v) is 6.57. The molecule has 0 spiro atoms. The Hall–Kier alpha value is -3.80. The minimum Gasteiger partial charge on any atom is -0.497 e. The van der Waals surface area contributed by atoms with E-state index in [1.165, 1.54) is 0 Å². The van der Waals surface area contributed by atoms with Gasteiger partial charge >= 0.3 is 0 Å². The Labute approximate surface area is 227 Å². The summed E-state index contributed by atoms with van der Waals surface area (Å²) in [6.45, 7) is 6.82. The van der Waals surface area contributed by atoms with Crippen LogP contribution in [-0.2, 0) is 22.6 Å². The quantitative estimate of drug-likeness (QED) is 0.278. The van der Waals surface area contributed by atoms with Crippen LogP contribution in [-0.4, -0.2) is 42.5 Å². The van der Waals surface area contributed by atoms with Gasteiger partial charge in [-0.1, -0.05) is 67.1 Å². The van der Waals surface area contributed by atoms with Crippen molar-refractivity contribution >= 4 is 11.8 Å².